The van der Waals surface area contributed by atoms with Gasteiger partial charge in [0.25, 0.3) is 0 Å². The number of unbranched alkanes of at least 4 members (excludes halogenated alkanes) is 2. The summed E-state index contributed by atoms with van der Waals surface area (Å²) in [5, 5.41) is 0. The summed E-state index contributed by atoms with van der Waals surface area (Å²) in [5.74, 6) is 0. The summed E-state index contributed by atoms with van der Waals surface area (Å²) >= 11 is 0. The number of rotatable bonds is 7. The first kappa shape index (κ1) is 21.5. The molecule has 20 heavy (non-hydrogen) atoms. The first-order valence-corrected chi connectivity index (χ1v) is 7.22. The third-order valence-electron chi connectivity index (χ3n) is 2.88. The molecular weight excluding hydrogens is 268 g/mol. The largest absolute Gasteiger partial charge is 1.00 e. The lowest BCUT2D eigenvalue weighted by Crippen LogP contribution is -3.00. The van der Waals surface area contributed by atoms with Crippen LogP contribution in [0.4, 0.5) is 0 Å². The first-order chi connectivity index (χ1) is 9.05. The van der Waals surface area contributed by atoms with Crippen LogP contribution in [0.15, 0.2) is 43.0 Å². The number of halogens is 1. The molecular formula is C17H31ClN2. The molecule has 0 fully saturated rings. The Kier molecular flexibility index (Phi) is 14.1. The number of nitrogens with zero attached hydrogens (tertiary/aromatic N) is 1. The van der Waals surface area contributed by atoms with Gasteiger partial charge in [-0.15, -0.1) is 0 Å². The van der Waals surface area contributed by atoms with E-state index in [0.717, 1.165) is 24.1 Å². The second-order valence-corrected chi connectivity index (χ2v) is 5.55. The van der Waals surface area contributed by atoms with Crippen LogP contribution in [0.2, 0.25) is 0 Å². The maximum absolute atomic E-state index is 5.21. The van der Waals surface area contributed by atoms with Crippen LogP contribution in [-0.4, -0.2) is 31.7 Å². The molecule has 0 unspecified atom stereocenters. The summed E-state index contributed by atoms with van der Waals surface area (Å²) in [6.07, 6.45) is 5.73. The lowest BCUT2D eigenvalue weighted by Gasteiger charge is -2.28. The summed E-state index contributed by atoms with van der Waals surface area (Å²) in [4.78, 5) is 0. The van der Waals surface area contributed by atoms with Crippen LogP contribution < -0.4 is 18.1 Å². The molecule has 0 spiro atoms. The summed E-state index contributed by atoms with van der Waals surface area (Å²) in [5.41, 5.74) is 6.60. The smallest absolute Gasteiger partial charge is 0.104 e. The fourth-order valence-corrected chi connectivity index (χ4v) is 1.89. The quantitative estimate of drug-likeness (QED) is 0.445. The number of quaternary nitrogens is 1. The number of hydrogen-bond acceptors (Lipinski definition) is 1. The van der Waals surface area contributed by atoms with E-state index in [4.69, 9.17) is 5.73 Å². The van der Waals surface area contributed by atoms with Crippen molar-refractivity contribution in [2.75, 3.05) is 27.2 Å². The van der Waals surface area contributed by atoms with Crippen molar-refractivity contribution in [3.8, 4) is 0 Å². The molecule has 1 aromatic rings. The third-order valence-corrected chi connectivity index (χ3v) is 2.88. The van der Waals surface area contributed by atoms with Crippen LogP contribution in [0.5, 0.6) is 0 Å². The van der Waals surface area contributed by atoms with E-state index >= 15 is 0 Å². The predicted molar refractivity (Wildman–Crippen MR) is 85.9 cm³/mol. The van der Waals surface area contributed by atoms with Crippen LogP contribution >= 0.6 is 0 Å². The minimum absolute atomic E-state index is 0. The average Bonchev–Trinajstić information content (AvgIpc) is 2.37. The molecule has 0 bridgehead atoms. The minimum Gasteiger partial charge on any atom is -1.00 e. The van der Waals surface area contributed by atoms with Crippen LogP contribution in [0.25, 0.3) is 0 Å². The van der Waals surface area contributed by atoms with Gasteiger partial charge in [-0.2, -0.15) is 0 Å². The highest BCUT2D eigenvalue weighted by Crippen LogP contribution is 2.08. The lowest BCUT2D eigenvalue weighted by atomic mass is 10.2. The van der Waals surface area contributed by atoms with Crippen molar-refractivity contribution in [1.82, 2.24) is 0 Å². The van der Waals surface area contributed by atoms with Gasteiger partial charge in [0.2, 0.25) is 0 Å². The molecule has 0 saturated carbocycles. The molecule has 1 rings (SSSR count). The topological polar surface area (TPSA) is 26.0 Å². The van der Waals surface area contributed by atoms with Gasteiger partial charge in [-0.05, 0) is 19.0 Å². The predicted octanol–water partition coefficient (Wildman–Crippen LogP) is 0.588. The van der Waals surface area contributed by atoms with Gasteiger partial charge in [0.05, 0.1) is 20.6 Å². The fraction of sp³-hybridized carbons (Fsp3) is 0.529. The molecule has 2 nitrogen and oxygen atoms in total. The van der Waals surface area contributed by atoms with E-state index in [1.165, 1.54) is 24.8 Å². The molecule has 2 N–H and O–H groups in total. The van der Waals surface area contributed by atoms with Crippen molar-refractivity contribution in [3.05, 3.63) is 48.6 Å². The Morgan fingerprint density at radius 2 is 1.75 bits per heavy atom. The van der Waals surface area contributed by atoms with Crippen molar-refractivity contribution >= 4 is 0 Å². The van der Waals surface area contributed by atoms with Crippen molar-refractivity contribution < 1.29 is 16.9 Å². The molecule has 0 saturated heterocycles. The molecule has 3 heteroatoms. The zero-order valence-electron chi connectivity index (χ0n) is 13.3. The Morgan fingerprint density at radius 1 is 1.15 bits per heavy atom. The molecule has 116 valence electrons. The SMILES string of the molecule is C=CC[N+](C)(C)Cc1ccccc1.CCCCCN.[Cl-]. The Hall–Kier alpha value is -0.830. The average molecular weight is 299 g/mol. The molecule has 0 aliphatic heterocycles. The Balaban J connectivity index is 0. The van der Waals surface area contributed by atoms with E-state index in [1.807, 2.05) is 6.08 Å². The maximum atomic E-state index is 5.21. The van der Waals surface area contributed by atoms with E-state index in [9.17, 15) is 0 Å². The molecule has 0 atom stereocenters. The molecule has 0 aromatic heterocycles. The van der Waals surface area contributed by atoms with Crippen LogP contribution in [0.3, 0.4) is 0 Å². The molecule has 0 aliphatic carbocycles. The van der Waals surface area contributed by atoms with Crippen molar-refractivity contribution in [2.45, 2.75) is 32.7 Å². The van der Waals surface area contributed by atoms with E-state index in [-0.39, 0.29) is 12.4 Å². The highest BCUT2D eigenvalue weighted by Gasteiger charge is 2.12. The lowest BCUT2D eigenvalue weighted by molar-refractivity contribution is -0.897. The summed E-state index contributed by atoms with van der Waals surface area (Å²) in [6.45, 7) is 8.87. The fourth-order valence-electron chi connectivity index (χ4n) is 1.89. The Labute approximate surface area is 131 Å². The zero-order chi connectivity index (χ0) is 14.6. The molecule has 0 aliphatic rings. The second-order valence-electron chi connectivity index (χ2n) is 5.55. The van der Waals surface area contributed by atoms with Crippen molar-refractivity contribution in [1.29, 1.82) is 0 Å². The van der Waals surface area contributed by atoms with E-state index < -0.39 is 0 Å². The molecule has 1 aromatic carbocycles. The van der Waals surface area contributed by atoms with Gasteiger partial charge < -0.3 is 22.6 Å². The molecule has 0 radical (unpaired) electrons. The third kappa shape index (κ3) is 12.2. The molecule has 0 amide bonds. The van der Waals surface area contributed by atoms with Crippen LogP contribution in [0, 0.1) is 0 Å². The van der Waals surface area contributed by atoms with Crippen LogP contribution in [0.1, 0.15) is 31.7 Å². The van der Waals surface area contributed by atoms with Gasteiger partial charge in [-0.3, -0.25) is 0 Å². The number of hydrogen-bond donors (Lipinski definition) is 1. The van der Waals surface area contributed by atoms with Gasteiger partial charge in [0.1, 0.15) is 6.54 Å². The highest BCUT2D eigenvalue weighted by molar-refractivity contribution is 5.13. The number of nitrogens with two attached hydrogens (primary N) is 1. The maximum Gasteiger partial charge on any atom is 0.104 e. The standard InChI is InChI=1S/C12H18N.C5H13N.ClH/c1-4-10-13(2,3)11-12-8-6-5-7-9-12;1-2-3-4-5-6;/h4-9H,1,10-11H2,2-3H3;2-6H2,1H3;1H/q+1;;/p-1. The number of benzene rings is 1. The van der Waals surface area contributed by atoms with Gasteiger partial charge in [-0.1, -0.05) is 56.7 Å². The zero-order valence-corrected chi connectivity index (χ0v) is 14.1. The van der Waals surface area contributed by atoms with Gasteiger partial charge in [-0.25, -0.2) is 0 Å². The van der Waals surface area contributed by atoms with Crippen molar-refractivity contribution in [3.63, 3.8) is 0 Å². The Bertz CT molecular complexity index is 319. The summed E-state index contributed by atoms with van der Waals surface area (Å²) in [7, 11) is 4.43. The summed E-state index contributed by atoms with van der Waals surface area (Å²) in [6, 6.07) is 10.6. The molecule has 0 heterocycles. The number of likely N-dealkylation sites (N-methyl/N-ethyl adjacent to an activating group) is 1. The normalized spacial score (nSPS) is 10.0. The summed E-state index contributed by atoms with van der Waals surface area (Å²) < 4.78 is 0.966. The highest BCUT2D eigenvalue weighted by atomic mass is 35.5. The van der Waals surface area contributed by atoms with Gasteiger partial charge >= 0.3 is 0 Å². The van der Waals surface area contributed by atoms with Gasteiger partial charge in [0.15, 0.2) is 0 Å². The van der Waals surface area contributed by atoms with E-state index in [2.05, 4.69) is 57.9 Å². The van der Waals surface area contributed by atoms with Gasteiger partial charge in [0, 0.05) is 5.56 Å². The van der Waals surface area contributed by atoms with Crippen molar-refractivity contribution in [2.24, 2.45) is 5.73 Å². The van der Waals surface area contributed by atoms with Crippen LogP contribution in [-0.2, 0) is 6.54 Å². The monoisotopic (exact) mass is 298 g/mol. The first-order valence-electron chi connectivity index (χ1n) is 7.22. The van der Waals surface area contributed by atoms with E-state index in [0.29, 0.717) is 0 Å². The second kappa shape index (κ2) is 13.2. The minimum atomic E-state index is 0. The van der Waals surface area contributed by atoms with E-state index in [1.54, 1.807) is 0 Å². The Morgan fingerprint density at radius 3 is 2.15 bits per heavy atom.